The predicted octanol–water partition coefficient (Wildman–Crippen LogP) is 1.53. The Morgan fingerprint density at radius 2 is 1.68 bits per heavy atom. The lowest BCUT2D eigenvalue weighted by Gasteiger charge is -2.35. The van der Waals surface area contributed by atoms with Crippen molar-refractivity contribution in [2.45, 2.75) is 40.7 Å². The minimum Gasteiger partial charge on any atom is -0.481 e. The van der Waals surface area contributed by atoms with E-state index in [1.54, 1.807) is 25.7 Å². The standard InChI is InChI=1S/C14H28N2O3/c1-8-16(10(2)9-15(6)7)12(17)11(13(18)19)14(3,4)5/h10-11H,8-9H2,1-7H3,(H,18,19). The summed E-state index contributed by atoms with van der Waals surface area (Å²) in [5.74, 6) is -2.35. The molecule has 1 N–H and O–H groups in total. The molecule has 0 spiro atoms. The lowest BCUT2D eigenvalue weighted by molar-refractivity contribution is -0.157. The molecule has 0 aromatic carbocycles. The first-order valence-electron chi connectivity index (χ1n) is 6.70. The number of carboxylic acid groups (broad SMARTS) is 1. The molecule has 0 fully saturated rings. The van der Waals surface area contributed by atoms with E-state index in [2.05, 4.69) is 0 Å². The molecule has 0 rings (SSSR count). The molecule has 0 aliphatic heterocycles. The van der Waals surface area contributed by atoms with Gasteiger partial charge in [0.15, 0.2) is 0 Å². The molecule has 0 saturated carbocycles. The van der Waals surface area contributed by atoms with Gasteiger partial charge in [-0.05, 0) is 33.4 Å². The number of carbonyl (C=O) groups is 2. The van der Waals surface area contributed by atoms with Crippen molar-refractivity contribution in [3.8, 4) is 0 Å². The highest BCUT2D eigenvalue weighted by Crippen LogP contribution is 2.28. The third-order valence-electron chi connectivity index (χ3n) is 3.15. The Morgan fingerprint density at radius 1 is 1.21 bits per heavy atom. The highest BCUT2D eigenvalue weighted by Gasteiger charge is 2.40. The number of hydrogen-bond donors (Lipinski definition) is 1. The van der Waals surface area contributed by atoms with Crippen LogP contribution in [0.15, 0.2) is 0 Å². The summed E-state index contributed by atoms with van der Waals surface area (Å²) in [6.45, 7) is 10.4. The summed E-state index contributed by atoms with van der Waals surface area (Å²) >= 11 is 0. The van der Waals surface area contributed by atoms with Gasteiger partial charge >= 0.3 is 5.97 Å². The molecule has 2 unspecified atom stereocenters. The zero-order valence-electron chi connectivity index (χ0n) is 13.2. The van der Waals surface area contributed by atoms with E-state index in [-0.39, 0.29) is 11.9 Å². The molecule has 1 amide bonds. The number of carboxylic acids is 1. The molecule has 0 aromatic heterocycles. The van der Waals surface area contributed by atoms with Gasteiger partial charge in [-0.2, -0.15) is 0 Å². The molecule has 0 radical (unpaired) electrons. The lowest BCUT2D eigenvalue weighted by atomic mass is 9.79. The number of aliphatic carboxylic acids is 1. The molecule has 19 heavy (non-hydrogen) atoms. The predicted molar refractivity (Wildman–Crippen MR) is 76.0 cm³/mol. The third kappa shape index (κ3) is 5.19. The van der Waals surface area contributed by atoms with Crippen LogP contribution < -0.4 is 0 Å². The molecule has 0 heterocycles. The minimum absolute atomic E-state index is 0.00306. The largest absolute Gasteiger partial charge is 0.481 e. The van der Waals surface area contributed by atoms with E-state index in [4.69, 9.17) is 0 Å². The Balaban J connectivity index is 5.15. The second-order valence-electron chi connectivity index (χ2n) is 6.37. The number of rotatable bonds is 6. The molecule has 0 aliphatic carbocycles. The Bertz CT molecular complexity index is 321. The van der Waals surface area contributed by atoms with Crippen molar-refractivity contribution in [3.05, 3.63) is 0 Å². The van der Waals surface area contributed by atoms with Gasteiger partial charge in [-0.15, -0.1) is 0 Å². The lowest BCUT2D eigenvalue weighted by Crippen LogP contribution is -2.50. The van der Waals surface area contributed by atoms with Gasteiger partial charge in [-0.1, -0.05) is 20.8 Å². The quantitative estimate of drug-likeness (QED) is 0.745. The fourth-order valence-electron chi connectivity index (χ4n) is 2.32. The number of hydrogen-bond acceptors (Lipinski definition) is 3. The number of likely N-dealkylation sites (N-methyl/N-ethyl adjacent to an activating group) is 2. The summed E-state index contributed by atoms with van der Waals surface area (Å²) in [4.78, 5) is 27.6. The smallest absolute Gasteiger partial charge is 0.316 e. The zero-order chi connectivity index (χ0) is 15.4. The van der Waals surface area contributed by atoms with Crippen LogP contribution in [0.3, 0.4) is 0 Å². The maximum absolute atomic E-state index is 12.5. The van der Waals surface area contributed by atoms with Gasteiger partial charge in [-0.3, -0.25) is 9.59 Å². The summed E-state index contributed by atoms with van der Waals surface area (Å²) in [6.07, 6.45) is 0. The summed E-state index contributed by atoms with van der Waals surface area (Å²) < 4.78 is 0. The first-order chi connectivity index (χ1) is 8.52. The number of amides is 1. The van der Waals surface area contributed by atoms with Crippen LogP contribution in [0.1, 0.15) is 34.6 Å². The van der Waals surface area contributed by atoms with Crippen molar-refractivity contribution in [2.24, 2.45) is 11.3 Å². The average Bonchev–Trinajstić information content (AvgIpc) is 2.13. The molecule has 0 aliphatic rings. The maximum Gasteiger partial charge on any atom is 0.316 e. The molecule has 5 nitrogen and oxygen atoms in total. The van der Waals surface area contributed by atoms with Crippen LogP contribution >= 0.6 is 0 Å². The maximum atomic E-state index is 12.5. The van der Waals surface area contributed by atoms with Gasteiger partial charge in [-0.25, -0.2) is 0 Å². The monoisotopic (exact) mass is 272 g/mol. The van der Waals surface area contributed by atoms with Crippen LogP contribution in [0.2, 0.25) is 0 Å². The van der Waals surface area contributed by atoms with Crippen LogP contribution in [-0.4, -0.2) is 60.0 Å². The normalized spacial score (nSPS) is 15.2. The summed E-state index contributed by atoms with van der Waals surface area (Å²) in [7, 11) is 3.88. The third-order valence-corrected chi connectivity index (χ3v) is 3.15. The molecule has 0 saturated heterocycles. The zero-order valence-corrected chi connectivity index (χ0v) is 13.2. The Kier molecular flexibility index (Phi) is 6.49. The fourth-order valence-corrected chi connectivity index (χ4v) is 2.32. The van der Waals surface area contributed by atoms with Crippen LogP contribution in [0, 0.1) is 11.3 Å². The van der Waals surface area contributed by atoms with Crippen molar-refractivity contribution in [1.82, 2.24) is 9.80 Å². The number of carbonyl (C=O) groups excluding carboxylic acids is 1. The first-order valence-corrected chi connectivity index (χ1v) is 6.70. The van der Waals surface area contributed by atoms with E-state index < -0.39 is 17.3 Å². The van der Waals surface area contributed by atoms with Gasteiger partial charge in [0.1, 0.15) is 5.92 Å². The van der Waals surface area contributed by atoms with Crippen molar-refractivity contribution >= 4 is 11.9 Å². The summed E-state index contributed by atoms with van der Waals surface area (Å²) in [5, 5.41) is 9.33. The van der Waals surface area contributed by atoms with Gasteiger partial charge in [0.25, 0.3) is 0 Å². The van der Waals surface area contributed by atoms with Crippen molar-refractivity contribution in [1.29, 1.82) is 0 Å². The molecule has 112 valence electrons. The first kappa shape index (κ1) is 17.9. The molecular formula is C14H28N2O3. The Hall–Kier alpha value is -1.10. The van der Waals surface area contributed by atoms with Crippen molar-refractivity contribution in [2.75, 3.05) is 27.2 Å². The summed E-state index contributed by atoms with van der Waals surface area (Å²) in [5.41, 5.74) is -0.589. The minimum atomic E-state index is -1.05. The molecule has 5 heteroatoms. The topological polar surface area (TPSA) is 60.9 Å². The molecular weight excluding hydrogens is 244 g/mol. The van der Waals surface area contributed by atoms with Gasteiger partial charge in [0.05, 0.1) is 0 Å². The molecule has 0 bridgehead atoms. The van der Waals surface area contributed by atoms with Crippen LogP contribution in [-0.2, 0) is 9.59 Å². The van der Waals surface area contributed by atoms with E-state index in [0.717, 1.165) is 6.54 Å². The van der Waals surface area contributed by atoms with E-state index in [0.29, 0.717) is 6.54 Å². The SMILES string of the molecule is CCN(C(=O)C(C(=O)O)C(C)(C)C)C(C)CN(C)C. The Morgan fingerprint density at radius 3 is 1.95 bits per heavy atom. The number of nitrogens with zero attached hydrogens (tertiary/aromatic N) is 2. The average molecular weight is 272 g/mol. The van der Waals surface area contributed by atoms with E-state index in [9.17, 15) is 14.7 Å². The fraction of sp³-hybridized carbons (Fsp3) is 0.857. The highest BCUT2D eigenvalue weighted by atomic mass is 16.4. The van der Waals surface area contributed by atoms with E-state index >= 15 is 0 Å². The van der Waals surface area contributed by atoms with Crippen LogP contribution in [0.25, 0.3) is 0 Å². The van der Waals surface area contributed by atoms with Gasteiger partial charge < -0.3 is 14.9 Å². The molecule has 2 atom stereocenters. The van der Waals surface area contributed by atoms with E-state index in [1.807, 2.05) is 32.8 Å². The van der Waals surface area contributed by atoms with Crippen molar-refractivity contribution in [3.63, 3.8) is 0 Å². The Labute approximate surface area is 116 Å². The van der Waals surface area contributed by atoms with Crippen LogP contribution in [0.5, 0.6) is 0 Å². The highest BCUT2D eigenvalue weighted by molar-refractivity contribution is 5.97. The summed E-state index contributed by atoms with van der Waals surface area (Å²) in [6, 6.07) is -0.00306. The van der Waals surface area contributed by atoms with Gasteiger partial charge in [0, 0.05) is 19.1 Å². The van der Waals surface area contributed by atoms with Crippen LogP contribution in [0.4, 0.5) is 0 Å². The molecule has 0 aromatic rings. The van der Waals surface area contributed by atoms with Gasteiger partial charge in [0.2, 0.25) is 5.91 Å². The van der Waals surface area contributed by atoms with E-state index in [1.165, 1.54) is 0 Å². The second kappa shape index (κ2) is 6.89. The van der Waals surface area contributed by atoms with Crippen molar-refractivity contribution < 1.29 is 14.7 Å². The second-order valence-corrected chi connectivity index (χ2v) is 6.37.